The van der Waals surface area contributed by atoms with Gasteiger partial charge in [-0.3, -0.25) is 0 Å². The molecule has 0 aromatic heterocycles. The van der Waals surface area contributed by atoms with Crippen LogP contribution in [0.3, 0.4) is 0 Å². The van der Waals surface area contributed by atoms with Crippen molar-refractivity contribution in [3.05, 3.63) is 0 Å². The van der Waals surface area contributed by atoms with Gasteiger partial charge in [0.2, 0.25) is 0 Å². The van der Waals surface area contributed by atoms with Gasteiger partial charge in [0.1, 0.15) is 0 Å². The summed E-state index contributed by atoms with van der Waals surface area (Å²) in [7, 11) is 0. The molecule has 0 aliphatic heterocycles. The molecule has 27 heavy (non-hydrogen) atoms. The van der Waals surface area contributed by atoms with E-state index in [1.54, 1.807) is 0 Å². The molecule has 0 bridgehead atoms. The Bertz CT molecular complexity index is 312. The minimum Gasteiger partial charge on any atom is -0.316 e. The van der Waals surface area contributed by atoms with E-state index in [-0.39, 0.29) is 0 Å². The first-order valence-electron chi connectivity index (χ1n) is 11.7. The van der Waals surface area contributed by atoms with E-state index < -0.39 is 6.80 Å². The summed E-state index contributed by atoms with van der Waals surface area (Å²) in [4.78, 5) is 9.86. The van der Waals surface area contributed by atoms with Crippen LogP contribution in [0.4, 0.5) is 0 Å². The Morgan fingerprint density at radius 2 is 1.00 bits per heavy atom. The first-order valence-corrected chi connectivity index (χ1v) is 14.9. The smallest absolute Gasteiger partial charge is 0.316 e. The lowest BCUT2D eigenvalue weighted by atomic mass is 10.1. The Balaban J connectivity index is 3.32. The van der Waals surface area contributed by atoms with Gasteiger partial charge in [-0.2, -0.15) is 0 Å². The maximum Gasteiger partial charge on any atom is 0.386 e. The summed E-state index contributed by atoms with van der Waals surface area (Å²) in [6.07, 6.45) is 22.7. The van der Waals surface area contributed by atoms with Gasteiger partial charge >= 0.3 is 6.80 Å². The lowest BCUT2D eigenvalue weighted by molar-refractivity contribution is 0.268. The lowest BCUT2D eigenvalue weighted by Gasteiger charge is -2.11. The highest BCUT2D eigenvalue weighted by Crippen LogP contribution is 2.55. The largest absolute Gasteiger partial charge is 0.386 e. The third kappa shape index (κ3) is 22.7. The zero-order chi connectivity index (χ0) is 20.1. The van der Waals surface area contributed by atoms with E-state index in [0.29, 0.717) is 6.61 Å². The molecule has 0 aromatic carbocycles. The predicted molar refractivity (Wildman–Crippen MR) is 123 cm³/mol. The van der Waals surface area contributed by atoms with Gasteiger partial charge in [-0.25, -0.2) is 4.57 Å². The Hall–Kier alpha value is 0.500. The number of hydrogen-bond donors (Lipinski definition) is 1. The summed E-state index contributed by atoms with van der Waals surface area (Å²) >= 11 is 1.12. The number of unbranched alkanes of at least 4 members (excludes halogenated alkanes) is 16. The molecule has 164 valence electrons. The van der Waals surface area contributed by atoms with Crippen molar-refractivity contribution < 1.29 is 14.0 Å². The van der Waals surface area contributed by atoms with Crippen LogP contribution in [0.25, 0.3) is 0 Å². The Labute approximate surface area is 174 Å². The van der Waals surface area contributed by atoms with Crippen molar-refractivity contribution in [1.82, 2.24) is 0 Å². The van der Waals surface area contributed by atoms with Crippen LogP contribution in [0.5, 0.6) is 0 Å². The van der Waals surface area contributed by atoms with Crippen LogP contribution in [0.1, 0.15) is 129 Å². The molecule has 0 fully saturated rings. The molecule has 0 heterocycles. The van der Waals surface area contributed by atoms with Crippen molar-refractivity contribution >= 4 is 18.2 Å². The van der Waals surface area contributed by atoms with Crippen molar-refractivity contribution in [3.63, 3.8) is 0 Å². The molecule has 0 saturated heterocycles. The molecule has 1 atom stereocenters. The van der Waals surface area contributed by atoms with E-state index in [1.807, 2.05) is 0 Å². The van der Waals surface area contributed by atoms with Crippen molar-refractivity contribution in [2.24, 2.45) is 0 Å². The fourth-order valence-electron chi connectivity index (χ4n) is 3.22. The van der Waals surface area contributed by atoms with Gasteiger partial charge in [0.05, 0.1) is 6.61 Å². The van der Waals surface area contributed by atoms with E-state index in [0.717, 1.165) is 36.4 Å². The Morgan fingerprint density at radius 1 is 0.630 bits per heavy atom. The maximum atomic E-state index is 12.0. The minimum atomic E-state index is -3.42. The molecule has 5 heteroatoms. The average molecular weight is 423 g/mol. The van der Waals surface area contributed by atoms with Crippen LogP contribution in [-0.4, -0.2) is 17.3 Å². The van der Waals surface area contributed by atoms with E-state index >= 15 is 0 Å². The topological polar surface area (TPSA) is 46.5 Å². The van der Waals surface area contributed by atoms with Crippen LogP contribution in [0, 0.1) is 0 Å². The molecule has 0 spiro atoms. The Morgan fingerprint density at radius 3 is 1.44 bits per heavy atom. The van der Waals surface area contributed by atoms with E-state index in [2.05, 4.69) is 13.8 Å². The minimum absolute atomic E-state index is 0.425. The molecule has 0 aliphatic carbocycles. The molecule has 3 nitrogen and oxygen atoms in total. The van der Waals surface area contributed by atoms with Gasteiger partial charge in [0.15, 0.2) is 0 Å². The Kier molecular flexibility index (Phi) is 21.6. The number of hydrogen-bond acceptors (Lipinski definition) is 3. The first kappa shape index (κ1) is 27.5. The highest BCUT2D eigenvalue weighted by Gasteiger charge is 2.19. The maximum absolute atomic E-state index is 12.0. The molecule has 1 unspecified atom stereocenters. The molecule has 0 aliphatic rings. The molecule has 0 amide bonds. The van der Waals surface area contributed by atoms with E-state index in [1.165, 1.54) is 96.3 Å². The highest BCUT2D eigenvalue weighted by atomic mass is 32.7. The lowest BCUT2D eigenvalue weighted by Crippen LogP contribution is -1.92. The number of rotatable bonds is 22. The standard InChI is InChI=1S/C22H47O3PS/c1-3-5-7-9-11-13-15-17-19-21-25-26(23,24)27-22-20-18-16-14-12-10-8-6-4-2/h3-22H2,1-2H3,(H,23,24). The van der Waals surface area contributed by atoms with E-state index in [4.69, 9.17) is 4.52 Å². The SMILES string of the molecule is CCCCCCCCCCCOP(=O)(O)SCCCCCCCCCCC. The molecule has 0 radical (unpaired) electrons. The fraction of sp³-hybridized carbons (Fsp3) is 1.00. The van der Waals surface area contributed by atoms with Crippen molar-refractivity contribution in [1.29, 1.82) is 0 Å². The van der Waals surface area contributed by atoms with Crippen molar-refractivity contribution in [2.75, 3.05) is 12.4 Å². The molecule has 0 aromatic rings. The highest BCUT2D eigenvalue weighted by molar-refractivity contribution is 8.54. The zero-order valence-corrected chi connectivity index (χ0v) is 20.0. The van der Waals surface area contributed by atoms with Gasteiger partial charge in [0.25, 0.3) is 0 Å². The summed E-state index contributed by atoms with van der Waals surface area (Å²) in [6, 6.07) is 0. The third-order valence-corrected chi connectivity index (χ3v) is 8.15. The zero-order valence-electron chi connectivity index (χ0n) is 18.3. The van der Waals surface area contributed by atoms with Gasteiger partial charge in [0, 0.05) is 5.75 Å². The van der Waals surface area contributed by atoms with Crippen LogP contribution in [0.2, 0.25) is 0 Å². The second-order valence-corrected chi connectivity index (χ2v) is 11.8. The quantitative estimate of drug-likeness (QED) is 0.140. The summed E-state index contributed by atoms with van der Waals surface area (Å²) in [6.45, 7) is 1.49. The van der Waals surface area contributed by atoms with Crippen molar-refractivity contribution in [3.8, 4) is 0 Å². The van der Waals surface area contributed by atoms with Gasteiger partial charge in [-0.05, 0) is 24.2 Å². The molecular formula is C22H47O3PS. The fourth-order valence-corrected chi connectivity index (χ4v) is 5.75. The molecular weight excluding hydrogens is 375 g/mol. The summed E-state index contributed by atoms with van der Waals surface area (Å²) in [5.41, 5.74) is 0. The average Bonchev–Trinajstić information content (AvgIpc) is 2.64. The molecule has 1 N–H and O–H groups in total. The van der Waals surface area contributed by atoms with Crippen LogP contribution < -0.4 is 0 Å². The summed E-state index contributed by atoms with van der Waals surface area (Å²) < 4.78 is 17.2. The van der Waals surface area contributed by atoms with E-state index in [9.17, 15) is 9.46 Å². The summed E-state index contributed by atoms with van der Waals surface area (Å²) in [5.74, 6) is 0.737. The van der Waals surface area contributed by atoms with Crippen molar-refractivity contribution in [2.45, 2.75) is 129 Å². The molecule has 0 saturated carbocycles. The van der Waals surface area contributed by atoms with Crippen LogP contribution >= 0.6 is 18.2 Å². The van der Waals surface area contributed by atoms with Crippen LogP contribution in [-0.2, 0) is 9.09 Å². The predicted octanol–water partition coefficient (Wildman–Crippen LogP) is 8.90. The summed E-state index contributed by atoms with van der Waals surface area (Å²) in [5, 5.41) is 0. The molecule has 0 rings (SSSR count). The first-order chi connectivity index (χ1) is 13.1. The normalized spacial score (nSPS) is 13.7. The second-order valence-electron chi connectivity index (χ2n) is 7.79. The third-order valence-electron chi connectivity index (χ3n) is 5.00. The van der Waals surface area contributed by atoms with Crippen LogP contribution in [0.15, 0.2) is 0 Å². The van der Waals surface area contributed by atoms with Gasteiger partial charge in [-0.1, -0.05) is 117 Å². The van der Waals surface area contributed by atoms with Gasteiger partial charge in [-0.15, -0.1) is 0 Å². The van der Waals surface area contributed by atoms with Gasteiger partial charge < -0.3 is 9.42 Å². The second kappa shape index (κ2) is 21.2. The monoisotopic (exact) mass is 422 g/mol.